The first-order chi connectivity index (χ1) is 12.7. The van der Waals surface area contributed by atoms with Crippen LogP contribution in [-0.4, -0.2) is 25.7 Å². The van der Waals surface area contributed by atoms with Gasteiger partial charge in [-0.1, -0.05) is 36.8 Å². The van der Waals surface area contributed by atoms with Crippen molar-refractivity contribution in [3.63, 3.8) is 0 Å². The number of anilines is 1. The minimum atomic E-state index is -0.639. The number of hydrogen-bond acceptors (Lipinski definition) is 3. The molecule has 3 nitrogen and oxygen atoms in total. The summed E-state index contributed by atoms with van der Waals surface area (Å²) in [6.45, 7) is 8.08. The Labute approximate surface area is 162 Å². The average Bonchev–Trinajstić information content (AvgIpc) is 2.57. The van der Waals surface area contributed by atoms with Gasteiger partial charge in [0.15, 0.2) is 5.78 Å². The highest BCUT2D eigenvalue weighted by Gasteiger charge is 2.43. The van der Waals surface area contributed by atoms with E-state index in [4.69, 9.17) is 0 Å². The van der Waals surface area contributed by atoms with Gasteiger partial charge in [0.1, 0.15) is 11.7 Å². The highest BCUT2D eigenvalue weighted by atomic mass is 16.2. The van der Waals surface area contributed by atoms with Crippen LogP contribution in [0.3, 0.4) is 0 Å². The summed E-state index contributed by atoms with van der Waals surface area (Å²) in [7, 11) is 4.00. The molecule has 0 aromatic heterocycles. The zero-order valence-electron chi connectivity index (χ0n) is 17.2. The van der Waals surface area contributed by atoms with Gasteiger partial charge in [0.25, 0.3) is 0 Å². The largest absolute Gasteiger partial charge is 0.378 e. The number of carbonyl (C=O) groups excluding carboxylic acids is 2. The lowest BCUT2D eigenvalue weighted by Crippen LogP contribution is -2.38. The van der Waals surface area contributed by atoms with Crippen LogP contribution in [0, 0.1) is 26.7 Å². The Bertz CT molecular complexity index is 857. The van der Waals surface area contributed by atoms with Gasteiger partial charge in [0.05, 0.1) is 0 Å². The van der Waals surface area contributed by atoms with Crippen LogP contribution in [0.25, 0.3) is 0 Å². The van der Waals surface area contributed by atoms with Gasteiger partial charge >= 0.3 is 0 Å². The first-order valence-corrected chi connectivity index (χ1v) is 9.62. The van der Waals surface area contributed by atoms with Crippen LogP contribution in [0.5, 0.6) is 0 Å². The monoisotopic (exact) mass is 363 g/mol. The van der Waals surface area contributed by atoms with E-state index in [0.717, 1.165) is 33.5 Å². The maximum absolute atomic E-state index is 13.5. The first kappa shape index (κ1) is 19.3. The Morgan fingerprint density at radius 1 is 0.926 bits per heavy atom. The number of benzene rings is 2. The molecule has 0 heterocycles. The van der Waals surface area contributed by atoms with Crippen molar-refractivity contribution < 1.29 is 9.59 Å². The SMILES string of the molecule is Cc1cc(C)c(C2C(=O)CC(C)C(c3ccc(N(C)C)cc3)C2=O)c(C)c1. The molecule has 142 valence electrons. The Morgan fingerprint density at radius 3 is 2.00 bits per heavy atom. The summed E-state index contributed by atoms with van der Waals surface area (Å²) < 4.78 is 0. The first-order valence-electron chi connectivity index (χ1n) is 9.62. The van der Waals surface area contributed by atoms with E-state index in [1.807, 2.05) is 71.0 Å². The van der Waals surface area contributed by atoms with Gasteiger partial charge in [-0.25, -0.2) is 0 Å². The Balaban J connectivity index is 2.03. The van der Waals surface area contributed by atoms with Crippen molar-refractivity contribution in [1.29, 1.82) is 0 Å². The fourth-order valence-corrected chi connectivity index (χ4v) is 4.59. The summed E-state index contributed by atoms with van der Waals surface area (Å²) >= 11 is 0. The third kappa shape index (κ3) is 3.55. The van der Waals surface area contributed by atoms with E-state index in [2.05, 4.69) is 12.1 Å². The summed E-state index contributed by atoms with van der Waals surface area (Å²) in [5, 5.41) is 0. The van der Waals surface area contributed by atoms with Crippen molar-refractivity contribution in [2.45, 2.75) is 46.0 Å². The maximum atomic E-state index is 13.5. The van der Waals surface area contributed by atoms with Gasteiger partial charge in [-0.15, -0.1) is 0 Å². The quantitative estimate of drug-likeness (QED) is 0.740. The van der Waals surface area contributed by atoms with Gasteiger partial charge in [-0.2, -0.15) is 0 Å². The normalized spacial score (nSPS) is 22.8. The Kier molecular flexibility index (Phi) is 5.23. The molecule has 0 amide bonds. The highest BCUT2D eigenvalue weighted by molar-refractivity contribution is 6.12. The van der Waals surface area contributed by atoms with Crippen molar-refractivity contribution in [3.05, 3.63) is 64.2 Å². The standard InChI is InChI=1S/C24H29NO2/c1-14-11-15(2)21(16(3)12-14)23-20(26)13-17(4)22(24(23)27)18-7-9-19(10-8-18)25(5)6/h7-12,17,22-23H,13H2,1-6H3. The number of aryl methyl sites for hydroxylation is 3. The Morgan fingerprint density at radius 2 is 1.48 bits per heavy atom. The molecule has 27 heavy (non-hydrogen) atoms. The number of rotatable bonds is 3. The van der Waals surface area contributed by atoms with Crippen LogP contribution in [0.1, 0.15) is 53.0 Å². The van der Waals surface area contributed by atoms with Gasteiger partial charge in [-0.3, -0.25) is 9.59 Å². The van der Waals surface area contributed by atoms with Crippen molar-refractivity contribution >= 4 is 17.3 Å². The van der Waals surface area contributed by atoms with Gasteiger partial charge in [-0.05, 0) is 61.1 Å². The van der Waals surface area contributed by atoms with E-state index in [0.29, 0.717) is 6.42 Å². The average molecular weight is 364 g/mol. The zero-order valence-corrected chi connectivity index (χ0v) is 17.2. The molecule has 1 aliphatic carbocycles. The predicted molar refractivity (Wildman–Crippen MR) is 111 cm³/mol. The van der Waals surface area contributed by atoms with Crippen LogP contribution >= 0.6 is 0 Å². The summed E-state index contributed by atoms with van der Waals surface area (Å²) in [5.41, 5.74) is 6.27. The molecule has 1 aliphatic rings. The second-order valence-corrected chi connectivity index (χ2v) is 8.26. The molecule has 3 rings (SSSR count). The molecule has 1 fully saturated rings. The molecular formula is C24H29NO2. The molecular weight excluding hydrogens is 334 g/mol. The number of Topliss-reactive ketones (excluding diaryl/α,β-unsaturated/α-hetero) is 2. The zero-order chi connectivity index (χ0) is 19.9. The lowest BCUT2D eigenvalue weighted by molar-refractivity contribution is -0.134. The molecule has 0 N–H and O–H groups in total. The number of hydrogen-bond donors (Lipinski definition) is 0. The van der Waals surface area contributed by atoms with E-state index in [1.54, 1.807) is 0 Å². The minimum absolute atomic E-state index is 0.0255. The number of ketones is 2. The van der Waals surface area contributed by atoms with Gasteiger partial charge < -0.3 is 4.90 Å². The van der Waals surface area contributed by atoms with Crippen molar-refractivity contribution in [2.24, 2.45) is 5.92 Å². The van der Waals surface area contributed by atoms with Gasteiger partial charge in [0.2, 0.25) is 0 Å². The van der Waals surface area contributed by atoms with Crippen LogP contribution in [0.15, 0.2) is 36.4 Å². The fraction of sp³-hybridized carbons (Fsp3) is 0.417. The summed E-state index contributed by atoms with van der Waals surface area (Å²) in [4.78, 5) is 28.5. The van der Waals surface area contributed by atoms with E-state index in [1.165, 1.54) is 0 Å². The molecule has 2 aromatic rings. The van der Waals surface area contributed by atoms with Crippen LogP contribution in [-0.2, 0) is 9.59 Å². The lowest BCUT2D eigenvalue weighted by Gasteiger charge is -2.34. The lowest BCUT2D eigenvalue weighted by atomic mass is 9.67. The number of carbonyl (C=O) groups is 2. The molecule has 0 spiro atoms. The second-order valence-electron chi connectivity index (χ2n) is 8.26. The molecule has 0 bridgehead atoms. The number of nitrogens with zero attached hydrogens (tertiary/aromatic N) is 1. The van der Waals surface area contributed by atoms with Crippen molar-refractivity contribution in [3.8, 4) is 0 Å². The maximum Gasteiger partial charge on any atom is 0.155 e. The molecule has 1 saturated carbocycles. The molecule has 0 aliphatic heterocycles. The van der Waals surface area contributed by atoms with E-state index >= 15 is 0 Å². The molecule has 0 saturated heterocycles. The Hall–Kier alpha value is -2.42. The molecule has 3 heteroatoms. The molecule has 2 aromatic carbocycles. The summed E-state index contributed by atoms with van der Waals surface area (Å²) in [6.07, 6.45) is 0.448. The van der Waals surface area contributed by atoms with Crippen LogP contribution < -0.4 is 4.90 Å². The minimum Gasteiger partial charge on any atom is -0.378 e. The molecule has 3 unspecified atom stereocenters. The fourth-order valence-electron chi connectivity index (χ4n) is 4.59. The predicted octanol–water partition coefficient (Wildman–Crippen LogP) is 4.72. The van der Waals surface area contributed by atoms with Gasteiger partial charge in [0, 0.05) is 32.1 Å². The third-order valence-electron chi connectivity index (χ3n) is 5.80. The third-order valence-corrected chi connectivity index (χ3v) is 5.80. The summed E-state index contributed by atoms with van der Waals surface area (Å²) in [6, 6.07) is 12.3. The second kappa shape index (κ2) is 7.30. The van der Waals surface area contributed by atoms with E-state index in [-0.39, 0.29) is 23.4 Å². The van der Waals surface area contributed by atoms with Crippen LogP contribution in [0.2, 0.25) is 0 Å². The van der Waals surface area contributed by atoms with E-state index in [9.17, 15) is 9.59 Å². The van der Waals surface area contributed by atoms with Crippen molar-refractivity contribution in [1.82, 2.24) is 0 Å². The summed E-state index contributed by atoms with van der Waals surface area (Å²) in [5.74, 6) is -0.739. The van der Waals surface area contributed by atoms with E-state index < -0.39 is 5.92 Å². The van der Waals surface area contributed by atoms with Crippen molar-refractivity contribution in [2.75, 3.05) is 19.0 Å². The molecule has 0 radical (unpaired) electrons. The smallest absolute Gasteiger partial charge is 0.155 e. The topological polar surface area (TPSA) is 37.4 Å². The molecule has 3 atom stereocenters. The van der Waals surface area contributed by atoms with Crippen LogP contribution in [0.4, 0.5) is 5.69 Å². The highest BCUT2D eigenvalue weighted by Crippen LogP contribution is 2.42.